The largest absolute Gasteiger partial charge is 0.460 e. The Morgan fingerprint density at radius 2 is 2.00 bits per heavy atom. The summed E-state index contributed by atoms with van der Waals surface area (Å²) in [6.45, 7) is 4.37. The van der Waals surface area contributed by atoms with Gasteiger partial charge in [0.05, 0.1) is 19.0 Å². The van der Waals surface area contributed by atoms with Gasteiger partial charge < -0.3 is 19.4 Å². The number of nitrogens with one attached hydrogen (secondary N) is 1. The van der Waals surface area contributed by atoms with Gasteiger partial charge in [-0.25, -0.2) is 4.98 Å². The second-order valence-electron chi connectivity index (χ2n) is 5.89. The summed E-state index contributed by atoms with van der Waals surface area (Å²) in [5, 5.41) is 12.9. The highest BCUT2D eigenvalue weighted by Gasteiger charge is 2.06. The van der Waals surface area contributed by atoms with Gasteiger partial charge in [-0.05, 0) is 37.6 Å². The van der Waals surface area contributed by atoms with Crippen LogP contribution >= 0.6 is 12.4 Å². The monoisotopic (exact) mass is 361 g/mol. The Balaban J connectivity index is 0.00000225. The van der Waals surface area contributed by atoms with Crippen LogP contribution in [-0.4, -0.2) is 21.2 Å². The van der Waals surface area contributed by atoms with Crippen LogP contribution in [-0.2, 0) is 13.1 Å². The van der Waals surface area contributed by atoms with Crippen molar-refractivity contribution in [1.82, 2.24) is 14.9 Å². The van der Waals surface area contributed by atoms with Crippen LogP contribution in [0.4, 0.5) is 0 Å². The Bertz CT molecular complexity index is 736. The van der Waals surface area contributed by atoms with Crippen molar-refractivity contribution in [1.29, 1.82) is 0 Å². The van der Waals surface area contributed by atoms with E-state index in [1.807, 2.05) is 48.9 Å². The number of nitrogens with zero attached hydrogens (tertiary/aromatic N) is 2. The summed E-state index contributed by atoms with van der Waals surface area (Å²) < 4.78 is 7.96. The molecule has 1 unspecified atom stereocenters. The molecule has 0 bridgehead atoms. The van der Waals surface area contributed by atoms with Gasteiger partial charge in [0.1, 0.15) is 11.5 Å². The van der Waals surface area contributed by atoms with Crippen LogP contribution in [0.1, 0.15) is 30.8 Å². The number of aromatic nitrogens is 2. The molecule has 5 nitrogen and oxygen atoms in total. The third kappa shape index (κ3) is 5.46. The molecule has 1 aromatic carbocycles. The molecule has 3 aromatic rings. The van der Waals surface area contributed by atoms with Crippen molar-refractivity contribution in [2.45, 2.75) is 32.5 Å². The van der Waals surface area contributed by atoms with Crippen LogP contribution in [0.3, 0.4) is 0 Å². The molecule has 25 heavy (non-hydrogen) atoms. The molecule has 0 aliphatic carbocycles. The summed E-state index contributed by atoms with van der Waals surface area (Å²) in [4.78, 5) is 4.03. The summed E-state index contributed by atoms with van der Waals surface area (Å²) in [6.07, 6.45) is 6.21. The van der Waals surface area contributed by atoms with E-state index in [9.17, 15) is 5.11 Å². The third-order valence-electron chi connectivity index (χ3n) is 3.97. The first-order chi connectivity index (χ1) is 11.7. The Hall–Kier alpha value is -2.08. The van der Waals surface area contributed by atoms with E-state index in [2.05, 4.69) is 14.9 Å². The van der Waals surface area contributed by atoms with E-state index in [0.29, 0.717) is 0 Å². The van der Waals surface area contributed by atoms with Crippen molar-refractivity contribution < 1.29 is 9.52 Å². The lowest BCUT2D eigenvalue weighted by molar-refractivity contribution is 0.199. The smallest absolute Gasteiger partial charge is 0.134 e. The molecule has 0 fully saturated rings. The van der Waals surface area contributed by atoms with Crippen molar-refractivity contribution in [3.8, 4) is 11.3 Å². The number of imidazole rings is 1. The molecule has 0 amide bonds. The van der Waals surface area contributed by atoms with Gasteiger partial charge in [0.25, 0.3) is 0 Å². The van der Waals surface area contributed by atoms with Crippen molar-refractivity contribution in [2.75, 3.05) is 6.54 Å². The molecule has 2 N–H and O–H groups in total. The summed E-state index contributed by atoms with van der Waals surface area (Å²) in [5.74, 6) is 1.77. The van der Waals surface area contributed by atoms with E-state index < -0.39 is 6.10 Å². The zero-order chi connectivity index (χ0) is 16.8. The fraction of sp³-hybridized carbons (Fsp3) is 0.316. The SMILES string of the molecule is CC(O)c1ccc(-c2ccc(CNCCCn3ccnc3)o2)cc1.Cl. The quantitative estimate of drug-likeness (QED) is 0.599. The molecule has 2 heterocycles. The van der Waals surface area contributed by atoms with Crippen LogP contribution < -0.4 is 5.32 Å². The van der Waals surface area contributed by atoms with Gasteiger partial charge in [-0.3, -0.25) is 0 Å². The molecule has 134 valence electrons. The summed E-state index contributed by atoms with van der Waals surface area (Å²) in [7, 11) is 0. The fourth-order valence-electron chi connectivity index (χ4n) is 2.57. The number of aliphatic hydroxyl groups is 1. The van der Waals surface area contributed by atoms with Crippen LogP contribution in [0, 0.1) is 0 Å². The lowest BCUT2D eigenvalue weighted by Crippen LogP contribution is -2.15. The lowest BCUT2D eigenvalue weighted by Gasteiger charge is -2.05. The first kappa shape index (κ1) is 19.2. The highest BCUT2D eigenvalue weighted by atomic mass is 35.5. The minimum absolute atomic E-state index is 0. The third-order valence-corrected chi connectivity index (χ3v) is 3.97. The zero-order valence-corrected chi connectivity index (χ0v) is 15.1. The average molecular weight is 362 g/mol. The van der Waals surface area contributed by atoms with Gasteiger partial charge in [0.2, 0.25) is 0 Å². The molecule has 2 aromatic heterocycles. The van der Waals surface area contributed by atoms with Crippen molar-refractivity contribution in [2.24, 2.45) is 0 Å². The average Bonchev–Trinajstić information content (AvgIpc) is 3.26. The molecule has 6 heteroatoms. The van der Waals surface area contributed by atoms with E-state index in [4.69, 9.17) is 4.42 Å². The van der Waals surface area contributed by atoms with E-state index in [1.54, 1.807) is 13.1 Å². The summed E-state index contributed by atoms with van der Waals surface area (Å²) >= 11 is 0. The van der Waals surface area contributed by atoms with Crippen molar-refractivity contribution in [3.63, 3.8) is 0 Å². The van der Waals surface area contributed by atoms with Crippen LogP contribution in [0.25, 0.3) is 11.3 Å². The Morgan fingerprint density at radius 3 is 2.68 bits per heavy atom. The Kier molecular flexibility index (Phi) is 7.25. The predicted octanol–water partition coefficient (Wildman–Crippen LogP) is 3.80. The Morgan fingerprint density at radius 1 is 1.20 bits per heavy atom. The molecule has 0 aliphatic heterocycles. The maximum absolute atomic E-state index is 9.55. The number of aryl methyl sites for hydroxylation is 1. The van der Waals surface area contributed by atoms with Gasteiger partial charge in [-0.15, -0.1) is 12.4 Å². The normalized spacial score (nSPS) is 11.9. The lowest BCUT2D eigenvalue weighted by atomic mass is 10.1. The highest BCUT2D eigenvalue weighted by Crippen LogP contribution is 2.24. The molecule has 3 rings (SSSR count). The van der Waals surface area contributed by atoms with Crippen LogP contribution in [0.5, 0.6) is 0 Å². The van der Waals surface area contributed by atoms with Gasteiger partial charge >= 0.3 is 0 Å². The number of aliphatic hydroxyl groups excluding tert-OH is 1. The second kappa shape index (κ2) is 9.42. The maximum atomic E-state index is 9.55. The van der Waals surface area contributed by atoms with Crippen molar-refractivity contribution in [3.05, 3.63) is 66.4 Å². The molecule has 0 spiro atoms. The zero-order valence-electron chi connectivity index (χ0n) is 14.3. The van der Waals surface area contributed by atoms with E-state index in [-0.39, 0.29) is 12.4 Å². The first-order valence-corrected chi connectivity index (χ1v) is 8.26. The van der Waals surface area contributed by atoms with Gasteiger partial charge in [-0.2, -0.15) is 0 Å². The number of furan rings is 1. The molecule has 1 atom stereocenters. The van der Waals surface area contributed by atoms with E-state index in [1.165, 1.54) is 0 Å². The number of rotatable bonds is 8. The van der Waals surface area contributed by atoms with Crippen molar-refractivity contribution >= 4 is 12.4 Å². The number of halogens is 1. The number of hydrogen-bond acceptors (Lipinski definition) is 4. The highest BCUT2D eigenvalue weighted by molar-refractivity contribution is 5.85. The van der Waals surface area contributed by atoms with Gasteiger partial charge in [0, 0.05) is 24.5 Å². The minimum Gasteiger partial charge on any atom is -0.460 e. The molecular weight excluding hydrogens is 338 g/mol. The molecular formula is C19H24ClN3O2. The summed E-state index contributed by atoms with van der Waals surface area (Å²) in [6, 6.07) is 11.8. The maximum Gasteiger partial charge on any atom is 0.134 e. The molecule has 0 saturated heterocycles. The Labute approximate surface area is 154 Å². The summed E-state index contributed by atoms with van der Waals surface area (Å²) in [5.41, 5.74) is 1.93. The van der Waals surface area contributed by atoms with E-state index >= 15 is 0 Å². The predicted molar refractivity (Wildman–Crippen MR) is 101 cm³/mol. The molecule has 0 aliphatic rings. The molecule has 0 radical (unpaired) electrons. The first-order valence-electron chi connectivity index (χ1n) is 8.26. The second-order valence-corrected chi connectivity index (χ2v) is 5.89. The van der Waals surface area contributed by atoms with Crippen LogP contribution in [0.2, 0.25) is 0 Å². The number of hydrogen-bond donors (Lipinski definition) is 2. The minimum atomic E-state index is -0.447. The van der Waals surface area contributed by atoms with Crippen LogP contribution in [0.15, 0.2) is 59.5 Å². The van der Waals surface area contributed by atoms with E-state index in [0.717, 1.165) is 48.7 Å². The topological polar surface area (TPSA) is 63.2 Å². The number of benzene rings is 1. The van der Waals surface area contributed by atoms with Gasteiger partial charge in [-0.1, -0.05) is 24.3 Å². The molecule has 0 saturated carbocycles. The fourth-order valence-corrected chi connectivity index (χ4v) is 2.57. The standard InChI is InChI=1S/C19H23N3O2.ClH/c1-15(23)16-3-5-17(6-4-16)19-8-7-18(24-19)13-20-9-2-11-22-12-10-21-14-22;/h3-8,10,12,14-15,20,23H,2,9,11,13H2,1H3;1H. The van der Waals surface area contributed by atoms with Gasteiger partial charge in [0.15, 0.2) is 0 Å².